The van der Waals surface area contributed by atoms with Gasteiger partial charge in [-0.05, 0) is 42.7 Å². The molecule has 7 heteroatoms. The number of hydrogen-bond acceptors (Lipinski definition) is 4. The van der Waals surface area contributed by atoms with Gasteiger partial charge >= 0.3 is 0 Å². The average molecular weight is 427 g/mol. The van der Waals surface area contributed by atoms with E-state index in [9.17, 15) is 14.4 Å². The highest BCUT2D eigenvalue weighted by molar-refractivity contribution is 6.30. The first-order valence-electron chi connectivity index (χ1n) is 10.1. The summed E-state index contributed by atoms with van der Waals surface area (Å²) in [6.07, 6.45) is 1.79. The summed E-state index contributed by atoms with van der Waals surface area (Å²) < 4.78 is 5.71. The van der Waals surface area contributed by atoms with Crippen LogP contribution in [0.2, 0.25) is 5.02 Å². The van der Waals surface area contributed by atoms with Gasteiger partial charge in [-0.15, -0.1) is 0 Å². The number of rotatable bonds is 6. The molecule has 4 rings (SSSR count). The van der Waals surface area contributed by atoms with Gasteiger partial charge < -0.3 is 9.64 Å². The number of nitrogens with zero attached hydrogens (tertiary/aromatic N) is 2. The van der Waals surface area contributed by atoms with Crippen molar-refractivity contribution in [1.29, 1.82) is 0 Å². The molecule has 3 amide bonds. The first-order valence-corrected chi connectivity index (χ1v) is 10.5. The Hall–Kier alpha value is -2.70. The molecule has 0 aliphatic carbocycles. The van der Waals surface area contributed by atoms with E-state index >= 15 is 0 Å². The summed E-state index contributed by atoms with van der Waals surface area (Å²) in [6, 6.07) is 15.1. The number of halogens is 1. The topological polar surface area (TPSA) is 66.9 Å². The molecule has 2 heterocycles. The van der Waals surface area contributed by atoms with Crippen molar-refractivity contribution in [2.45, 2.75) is 37.8 Å². The third-order valence-electron chi connectivity index (χ3n) is 5.53. The number of amides is 3. The molecule has 0 radical (unpaired) electrons. The molecule has 2 saturated heterocycles. The van der Waals surface area contributed by atoms with Gasteiger partial charge in [0.25, 0.3) is 5.91 Å². The van der Waals surface area contributed by atoms with Crippen molar-refractivity contribution >= 4 is 35.0 Å². The maximum atomic E-state index is 13.2. The monoisotopic (exact) mass is 426 g/mol. The van der Waals surface area contributed by atoms with Gasteiger partial charge in [-0.2, -0.15) is 0 Å². The predicted octanol–water partition coefficient (Wildman–Crippen LogP) is 3.22. The SMILES string of the molecule is O=C1CC(N(CC2CCCO2)C(=O)Cc2ccccc2)C(=O)N1c1ccc(Cl)cc1. The van der Waals surface area contributed by atoms with Gasteiger partial charge in [0.2, 0.25) is 11.8 Å². The summed E-state index contributed by atoms with van der Waals surface area (Å²) in [4.78, 5) is 41.8. The van der Waals surface area contributed by atoms with Crippen molar-refractivity contribution in [2.75, 3.05) is 18.1 Å². The van der Waals surface area contributed by atoms with Crippen LogP contribution in [0.15, 0.2) is 54.6 Å². The molecule has 2 fully saturated rings. The Balaban J connectivity index is 1.57. The van der Waals surface area contributed by atoms with Gasteiger partial charge in [-0.25, -0.2) is 4.90 Å². The van der Waals surface area contributed by atoms with Crippen molar-refractivity contribution in [3.63, 3.8) is 0 Å². The van der Waals surface area contributed by atoms with E-state index in [-0.39, 0.29) is 36.7 Å². The Bertz CT molecular complexity index is 926. The zero-order valence-corrected chi connectivity index (χ0v) is 17.3. The van der Waals surface area contributed by atoms with E-state index in [4.69, 9.17) is 16.3 Å². The fourth-order valence-electron chi connectivity index (χ4n) is 4.00. The minimum absolute atomic E-state index is 0.0330. The molecule has 156 valence electrons. The molecule has 6 nitrogen and oxygen atoms in total. The van der Waals surface area contributed by atoms with Gasteiger partial charge in [-0.1, -0.05) is 41.9 Å². The molecule has 0 aromatic heterocycles. The Morgan fingerprint density at radius 1 is 1.10 bits per heavy atom. The van der Waals surface area contributed by atoms with Crippen LogP contribution < -0.4 is 4.90 Å². The zero-order valence-electron chi connectivity index (χ0n) is 16.5. The number of anilines is 1. The normalized spacial score (nSPS) is 21.3. The molecule has 0 saturated carbocycles. The quantitative estimate of drug-likeness (QED) is 0.665. The van der Waals surface area contributed by atoms with Crippen LogP contribution in [0, 0.1) is 0 Å². The summed E-state index contributed by atoms with van der Waals surface area (Å²) in [7, 11) is 0. The van der Waals surface area contributed by atoms with Crippen LogP contribution in [-0.2, 0) is 25.5 Å². The molecule has 0 spiro atoms. The number of carbonyl (C=O) groups excluding carboxylic acids is 3. The minimum atomic E-state index is -0.825. The molecule has 0 N–H and O–H groups in total. The Morgan fingerprint density at radius 3 is 2.50 bits per heavy atom. The number of ether oxygens (including phenoxy) is 1. The van der Waals surface area contributed by atoms with Crippen LogP contribution in [0.4, 0.5) is 5.69 Å². The van der Waals surface area contributed by atoms with Crippen molar-refractivity contribution in [3.8, 4) is 0 Å². The Labute approximate surface area is 180 Å². The van der Waals surface area contributed by atoms with E-state index in [1.807, 2.05) is 30.3 Å². The molecule has 2 aliphatic heterocycles. The van der Waals surface area contributed by atoms with Crippen molar-refractivity contribution in [1.82, 2.24) is 4.90 Å². The second kappa shape index (κ2) is 8.98. The summed E-state index contributed by atoms with van der Waals surface area (Å²) in [5, 5.41) is 0.521. The molecule has 2 unspecified atom stereocenters. The number of hydrogen-bond donors (Lipinski definition) is 0. The number of benzene rings is 2. The summed E-state index contributed by atoms with van der Waals surface area (Å²) >= 11 is 5.93. The predicted molar refractivity (Wildman–Crippen MR) is 113 cm³/mol. The molecule has 2 aromatic rings. The van der Waals surface area contributed by atoms with E-state index in [0.717, 1.165) is 23.3 Å². The first kappa shape index (κ1) is 20.6. The fourth-order valence-corrected chi connectivity index (χ4v) is 4.13. The average Bonchev–Trinajstić information content (AvgIpc) is 3.35. The highest BCUT2D eigenvalue weighted by Gasteiger charge is 2.45. The fraction of sp³-hybridized carbons (Fsp3) is 0.348. The van der Waals surface area contributed by atoms with Gasteiger partial charge in [0.1, 0.15) is 6.04 Å². The lowest BCUT2D eigenvalue weighted by molar-refractivity contribution is -0.139. The maximum absolute atomic E-state index is 13.2. The molecule has 0 bridgehead atoms. The van der Waals surface area contributed by atoms with Crippen LogP contribution in [0.25, 0.3) is 0 Å². The second-order valence-electron chi connectivity index (χ2n) is 7.61. The van der Waals surface area contributed by atoms with Crippen molar-refractivity contribution in [3.05, 3.63) is 65.2 Å². The lowest BCUT2D eigenvalue weighted by Crippen LogP contribution is -2.49. The second-order valence-corrected chi connectivity index (χ2v) is 8.04. The van der Waals surface area contributed by atoms with Crippen LogP contribution in [0.1, 0.15) is 24.8 Å². The summed E-state index contributed by atoms with van der Waals surface area (Å²) in [5.74, 6) is -0.889. The van der Waals surface area contributed by atoms with Gasteiger partial charge in [0, 0.05) is 18.2 Å². The van der Waals surface area contributed by atoms with Crippen molar-refractivity contribution < 1.29 is 19.1 Å². The summed E-state index contributed by atoms with van der Waals surface area (Å²) in [5.41, 5.74) is 1.33. The van der Waals surface area contributed by atoms with E-state index in [2.05, 4.69) is 0 Å². The number of imide groups is 1. The number of carbonyl (C=O) groups is 3. The van der Waals surface area contributed by atoms with Crippen LogP contribution in [0.5, 0.6) is 0 Å². The maximum Gasteiger partial charge on any atom is 0.257 e. The molecular weight excluding hydrogens is 404 g/mol. The largest absolute Gasteiger partial charge is 0.376 e. The van der Waals surface area contributed by atoms with E-state index < -0.39 is 6.04 Å². The first-order chi connectivity index (χ1) is 14.5. The Morgan fingerprint density at radius 2 is 1.83 bits per heavy atom. The van der Waals surface area contributed by atoms with Crippen LogP contribution in [0.3, 0.4) is 0 Å². The minimum Gasteiger partial charge on any atom is -0.376 e. The standard InChI is InChI=1S/C23H23ClN2O4/c24-17-8-10-18(11-9-17)26-22(28)14-20(23(26)29)25(15-19-7-4-12-30-19)21(27)13-16-5-2-1-3-6-16/h1-3,5-6,8-11,19-20H,4,7,12-15H2. The van der Waals surface area contributed by atoms with E-state index in [1.165, 1.54) is 0 Å². The molecule has 2 aromatic carbocycles. The van der Waals surface area contributed by atoms with Crippen molar-refractivity contribution in [2.24, 2.45) is 0 Å². The lowest BCUT2D eigenvalue weighted by atomic mass is 10.1. The summed E-state index contributed by atoms with van der Waals surface area (Å²) in [6.45, 7) is 0.962. The molecule has 2 atom stereocenters. The zero-order chi connectivity index (χ0) is 21.1. The highest BCUT2D eigenvalue weighted by Crippen LogP contribution is 2.28. The van der Waals surface area contributed by atoms with E-state index in [0.29, 0.717) is 23.9 Å². The van der Waals surface area contributed by atoms with Gasteiger partial charge in [-0.3, -0.25) is 14.4 Å². The molecular formula is C23H23ClN2O4. The third-order valence-corrected chi connectivity index (χ3v) is 5.78. The van der Waals surface area contributed by atoms with Crippen LogP contribution in [-0.4, -0.2) is 47.9 Å². The lowest BCUT2D eigenvalue weighted by Gasteiger charge is -2.30. The van der Waals surface area contributed by atoms with Crippen LogP contribution >= 0.6 is 11.6 Å². The van der Waals surface area contributed by atoms with Gasteiger partial charge in [0.05, 0.1) is 24.6 Å². The smallest absolute Gasteiger partial charge is 0.257 e. The highest BCUT2D eigenvalue weighted by atomic mass is 35.5. The molecule has 30 heavy (non-hydrogen) atoms. The van der Waals surface area contributed by atoms with E-state index in [1.54, 1.807) is 29.2 Å². The Kier molecular flexibility index (Phi) is 6.16. The molecule has 2 aliphatic rings. The third kappa shape index (κ3) is 4.40. The van der Waals surface area contributed by atoms with Gasteiger partial charge in [0.15, 0.2) is 0 Å².